The molecule has 1 saturated heterocycles. The second-order valence-corrected chi connectivity index (χ2v) is 7.34. The number of hydrogen-bond donors (Lipinski definition) is 0. The predicted octanol–water partition coefficient (Wildman–Crippen LogP) is 4.44. The molecule has 2 aromatic carbocycles. The molecule has 0 unspecified atom stereocenters. The quantitative estimate of drug-likeness (QED) is 0.736. The van der Waals surface area contributed by atoms with Gasteiger partial charge in [-0.1, -0.05) is 12.1 Å². The van der Waals surface area contributed by atoms with Crippen LogP contribution in [0.15, 0.2) is 42.5 Å². The predicted molar refractivity (Wildman–Crippen MR) is 106 cm³/mol. The highest BCUT2D eigenvalue weighted by Gasteiger charge is 2.31. The van der Waals surface area contributed by atoms with Crippen LogP contribution in [0.25, 0.3) is 0 Å². The average molecular weight is 406 g/mol. The molecular formula is C22H25F3N2O2. The van der Waals surface area contributed by atoms with Crippen LogP contribution in [-0.2, 0) is 11.0 Å². The number of aryl methyl sites for hydroxylation is 2. The Bertz CT molecular complexity index is 839. The van der Waals surface area contributed by atoms with Gasteiger partial charge in [-0.05, 0) is 55.3 Å². The van der Waals surface area contributed by atoms with E-state index in [1.807, 2.05) is 30.9 Å². The van der Waals surface area contributed by atoms with E-state index in [2.05, 4.69) is 6.07 Å². The minimum atomic E-state index is -4.36. The number of piperazine rings is 1. The van der Waals surface area contributed by atoms with Gasteiger partial charge in [-0.15, -0.1) is 0 Å². The van der Waals surface area contributed by atoms with E-state index in [1.54, 1.807) is 11.0 Å². The fourth-order valence-corrected chi connectivity index (χ4v) is 3.52. The van der Waals surface area contributed by atoms with Crippen molar-refractivity contribution in [3.63, 3.8) is 0 Å². The molecule has 0 N–H and O–H groups in total. The molecule has 1 fully saturated rings. The maximum atomic E-state index is 12.9. The van der Waals surface area contributed by atoms with Crippen molar-refractivity contribution < 1.29 is 22.7 Å². The summed E-state index contributed by atoms with van der Waals surface area (Å²) in [5.74, 6) is 0.753. The lowest BCUT2D eigenvalue weighted by atomic mass is 10.1. The number of nitrogens with zero attached hydrogens (tertiary/aromatic N) is 2. The van der Waals surface area contributed by atoms with Crippen molar-refractivity contribution in [3.05, 3.63) is 59.2 Å². The topological polar surface area (TPSA) is 32.8 Å². The lowest BCUT2D eigenvalue weighted by Crippen LogP contribution is -2.49. The molecule has 3 rings (SSSR count). The van der Waals surface area contributed by atoms with Crippen LogP contribution in [0.2, 0.25) is 0 Å². The first-order chi connectivity index (χ1) is 13.7. The van der Waals surface area contributed by atoms with E-state index in [9.17, 15) is 18.0 Å². The summed E-state index contributed by atoms with van der Waals surface area (Å²) < 4.78 is 44.4. The number of carbonyl (C=O) groups is 1. The summed E-state index contributed by atoms with van der Waals surface area (Å²) in [7, 11) is 0. The molecule has 0 aliphatic carbocycles. The van der Waals surface area contributed by atoms with Crippen LogP contribution in [0.3, 0.4) is 0 Å². The molecule has 0 bridgehead atoms. The van der Waals surface area contributed by atoms with Crippen LogP contribution in [0.4, 0.5) is 18.9 Å². The van der Waals surface area contributed by atoms with Gasteiger partial charge in [0.1, 0.15) is 5.75 Å². The number of anilines is 1. The van der Waals surface area contributed by atoms with Crippen molar-refractivity contribution in [3.8, 4) is 5.75 Å². The first-order valence-corrected chi connectivity index (χ1v) is 9.63. The molecule has 0 saturated carbocycles. The number of hydrogen-bond acceptors (Lipinski definition) is 3. The molecule has 0 spiro atoms. The van der Waals surface area contributed by atoms with Gasteiger partial charge < -0.3 is 14.5 Å². The van der Waals surface area contributed by atoms with Gasteiger partial charge >= 0.3 is 6.18 Å². The van der Waals surface area contributed by atoms with E-state index in [-0.39, 0.29) is 12.3 Å². The van der Waals surface area contributed by atoms with Crippen LogP contribution < -0.4 is 9.64 Å². The van der Waals surface area contributed by atoms with Crippen LogP contribution in [0.5, 0.6) is 5.75 Å². The molecule has 7 heteroatoms. The van der Waals surface area contributed by atoms with Crippen molar-refractivity contribution in [2.24, 2.45) is 0 Å². The number of rotatable bonds is 5. The number of carbonyl (C=O) groups excluding carboxylic acids is 1. The van der Waals surface area contributed by atoms with Gasteiger partial charge in [0.05, 0.1) is 18.6 Å². The molecule has 2 aromatic rings. The second kappa shape index (κ2) is 8.76. The van der Waals surface area contributed by atoms with E-state index in [0.717, 1.165) is 29.0 Å². The summed E-state index contributed by atoms with van der Waals surface area (Å²) in [6.07, 6.45) is -4.08. The molecular weight excluding hydrogens is 381 g/mol. The Balaban J connectivity index is 1.48. The number of alkyl halides is 3. The van der Waals surface area contributed by atoms with E-state index < -0.39 is 11.7 Å². The Kier molecular flexibility index (Phi) is 6.35. The van der Waals surface area contributed by atoms with Gasteiger partial charge in [-0.3, -0.25) is 4.79 Å². The minimum absolute atomic E-state index is 0.00179. The molecule has 0 aromatic heterocycles. The maximum Gasteiger partial charge on any atom is 0.416 e. The number of amides is 1. The van der Waals surface area contributed by atoms with Gasteiger partial charge in [-0.2, -0.15) is 13.2 Å². The van der Waals surface area contributed by atoms with E-state index >= 15 is 0 Å². The smallest absolute Gasteiger partial charge is 0.416 e. The molecule has 0 radical (unpaired) electrons. The lowest BCUT2D eigenvalue weighted by Gasteiger charge is -2.36. The average Bonchev–Trinajstić information content (AvgIpc) is 2.67. The van der Waals surface area contributed by atoms with Gasteiger partial charge in [-0.25, -0.2) is 0 Å². The third-order valence-corrected chi connectivity index (χ3v) is 4.95. The standard InChI is InChI=1S/C22H25F3N2O2/c1-16-12-17(2)14-20(13-16)29-11-6-21(28)27-9-7-26(8-10-27)19-5-3-4-18(15-19)22(23,24)25/h3-5,12-15H,6-11H2,1-2H3. The Labute approximate surface area is 168 Å². The summed E-state index contributed by atoms with van der Waals surface area (Å²) in [5, 5.41) is 0. The first-order valence-electron chi connectivity index (χ1n) is 9.63. The molecule has 1 heterocycles. The summed E-state index contributed by atoms with van der Waals surface area (Å²) in [6.45, 7) is 6.27. The Hall–Kier alpha value is -2.70. The van der Waals surface area contributed by atoms with Gasteiger partial charge in [0.25, 0.3) is 0 Å². The lowest BCUT2D eigenvalue weighted by molar-refractivity contribution is -0.137. The largest absolute Gasteiger partial charge is 0.493 e. The zero-order chi connectivity index (χ0) is 21.0. The number of ether oxygens (including phenoxy) is 1. The van der Waals surface area contributed by atoms with Crippen molar-refractivity contribution in [1.82, 2.24) is 4.90 Å². The molecule has 1 aliphatic heterocycles. The monoisotopic (exact) mass is 406 g/mol. The third kappa shape index (κ3) is 5.65. The highest BCUT2D eigenvalue weighted by Crippen LogP contribution is 2.31. The van der Waals surface area contributed by atoms with Crippen molar-refractivity contribution in [2.45, 2.75) is 26.4 Å². The van der Waals surface area contributed by atoms with E-state index in [1.165, 1.54) is 6.07 Å². The Morgan fingerprint density at radius 3 is 2.28 bits per heavy atom. The third-order valence-electron chi connectivity index (χ3n) is 4.95. The summed E-state index contributed by atoms with van der Waals surface area (Å²) in [6, 6.07) is 11.2. The van der Waals surface area contributed by atoms with Gasteiger partial charge in [0.15, 0.2) is 0 Å². The fourth-order valence-electron chi connectivity index (χ4n) is 3.52. The summed E-state index contributed by atoms with van der Waals surface area (Å²) >= 11 is 0. The fraction of sp³-hybridized carbons (Fsp3) is 0.409. The SMILES string of the molecule is Cc1cc(C)cc(OCCC(=O)N2CCN(c3cccc(C(F)(F)F)c3)CC2)c1. The molecule has 1 aliphatic rings. The van der Waals surface area contributed by atoms with Crippen molar-refractivity contribution in [2.75, 3.05) is 37.7 Å². The highest BCUT2D eigenvalue weighted by atomic mass is 19.4. The molecule has 1 amide bonds. The van der Waals surface area contributed by atoms with Crippen molar-refractivity contribution in [1.29, 1.82) is 0 Å². The zero-order valence-corrected chi connectivity index (χ0v) is 16.6. The van der Waals surface area contributed by atoms with E-state index in [0.29, 0.717) is 38.5 Å². The zero-order valence-electron chi connectivity index (χ0n) is 16.6. The normalized spacial score (nSPS) is 14.8. The maximum absolute atomic E-state index is 12.9. The number of halogens is 3. The van der Waals surface area contributed by atoms with Crippen LogP contribution in [-0.4, -0.2) is 43.6 Å². The van der Waals surface area contributed by atoms with Crippen LogP contribution in [0.1, 0.15) is 23.1 Å². The Morgan fingerprint density at radius 2 is 1.66 bits per heavy atom. The minimum Gasteiger partial charge on any atom is -0.493 e. The molecule has 156 valence electrons. The first kappa shape index (κ1) is 21.0. The van der Waals surface area contributed by atoms with Gasteiger partial charge in [0.2, 0.25) is 5.91 Å². The van der Waals surface area contributed by atoms with Gasteiger partial charge in [0, 0.05) is 31.9 Å². The van der Waals surface area contributed by atoms with E-state index in [4.69, 9.17) is 4.74 Å². The second-order valence-electron chi connectivity index (χ2n) is 7.34. The summed E-state index contributed by atoms with van der Waals surface area (Å²) in [4.78, 5) is 16.1. The molecule has 0 atom stereocenters. The highest BCUT2D eigenvalue weighted by molar-refractivity contribution is 5.76. The van der Waals surface area contributed by atoms with Crippen LogP contribution in [0, 0.1) is 13.8 Å². The molecule has 4 nitrogen and oxygen atoms in total. The van der Waals surface area contributed by atoms with Crippen molar-refractivity contribution >= 4 is 11.6 Å². The molecule has 29 heavy (non-hydrogen) atoms. The summed E-state index contributed by atoms with van der Waals surface area (Å²) in [5.41, 5.74) is 2.09. The number of benzene rings is 2. The Morgan fingerprint density at radius 1 is 1.00 bits per heavy atom. The van der Waals surface area contributed by atoms with Crippen LogP contribution >= 0.6 is 0 Å².